The van der Waals surface area contributed by atoms with Crippen molar-refractivity contribution in [3.8, 4) is 0 Å². The van der Waals surface area contributed by atoms with Gasteiger partial charge in [0, 0.05) is 6.20 Å². The zero-order valence-corrected chi connectivity index (χ0v) is 9.71. The smallest absolute Gasteiger partial charge is 0.247 e. The molecule has 4 heteroatoms. The molecule has 0 fully saturated rings. The van der Waals surface area contributed by atoms with Gasteiger partial charge in [0.25, 0.3) is 0 Å². The summed E-state index contributed by atoms with van der Waals surface area (Å²) in [5.74, 6) is 0.833. The quantitative estimate of drug-likeness (QED) is 0.820. The first-order chi connectivity index (χ1) is 7.70. The maximum absolute atomic E-state index is 11.8. The Kier molecular flexibility index (Phi) is 3.08. The lowest BCUT2D eigenvalue weighted by Gasteiger charge is -2.25. The molecule has 0 saturated carbocycles. The first kappa shape index (κ1) is 10.9. The van der Waals surface area contributed by atoms with E-state index in [1.54, 1.807) is 6.20 Å². The van der Waals surface area contributed by atoms with Crippen LogP contribution in [0.5, 0.6) is 0 Å². The van der Waals surface area contributed by atoms with Gasteiger partial charge in [-0.15, -0.1) is 0 Å². The molecule has 0 aliphatic carbocycles. The molecule has 1 aromatic heterocycles. The zero-order valence-electron chi connectivity index (χ0n) is 9.71. The van der Waals surface area contributed by atoms with Gasteiger partial charge in [-0.25, -0.2) is 4.98 Å². The summed E-state index contributed by atoms with van der Waals surface area (Å²) < 4.78 is 0. The van der Waals surface area contributed by atoms with Crippen molar-refractivity contribution in [1.29, 1.82) is 0 Å². The molecule has 2 rings (SSSR count). The number of aromatic nitrogens is 1. The minimum Gasteiger partial charge on any atom is -0.357 e. The summed E-state index contributed by atoms with van der Waals surface area (Å²) in [7, 11) is 0. The van der Waals surface area contributed by atoms with E-state index in [-0.39, 0.29) is 11.9 Å². The van der Waals surface area contributed by atoms with Crippen LogP contribution in [0.4, 0.5) is 11.5 Å². The molecule has 1 unspecified atom stereocenters. The number of rotatable bonds is 3. The largest absolute Gasteiger partial charge is 0.357 e. The number of carbonyl (C=O) groups is 1. The molecule has 2 heterocycles. The summed E-state index contributed by atoms with van der Waals surface area (Å²) in [6.45, 7) is 4.08. The average molecular weight is 219 g/mol. The number of nitrogens with zero attached hydrogens (tertiary/aromatic N) is 1. The van der Waals surface area contributed by atoms with Gasteiger partial charge in [0.1, 0.15) is 11.9 Å². The zero-order chi connectivity index (χ0) is 11.5. The van der Waals surface area contributed by atoms with E-state index in [1.807, 2.05) is 13.0 Å². The molecule has 0 radical (unpaired) electrons. The van der Waals surface area contributed by atoms with Crippen molar-refractivity contribution in [2.75, 3.05) is 10.6 Å². The molecule has 2 N–H and O–H groups in total. The summed E-state index contributed by atoms with van der Waals surface area (Å²) in [6.07, 6.45) is 4.81. The molecule has 1 aliphatic rings. The second-order valence-electron chi connectivity index (χ2n) is 4.24. The lowest BCUT2D eigenvalue weighted by atomic mass is 10.1. The Morgan fingerprint density at radius 3 is 3.06 bits per heavy atom. The third kappa shape index (κ3) is 2.15. The van der Waals surface area contributed by atoms with Crippen LogP contribution in [0.25, 0.3) is 0 Å². The molecule has 0 aromatic carbocycles. The normalized spacial score (nSPS) is 18.6. The summed E-state index contributed by atoms with van der Waals surface area (Å²) in [5, 5.41) is 6.08. The molecule has 1 aromatic rings. The second kappa shape index (κ2) is 4.51. The minimum absolute atomic E-state index is 0.0494. The number of hydrogen-bond acceptors (Lipinski definition) is 3. The fraction of sp³-hybridized carbons (Fsp3) is 0.500. The second-order valence-corrected chi connectivity index (χ2v) is 4.24. The van der Waals surface area contributed by atoms with E-state index in [2.05, 4.69) is 22.5 Å². The highest BCUT2D eigenvalue weighted by atomic mass is 16.2. The summed E-state index contributed by atoms with van der Waals surface area (Å²) in [4.78, 5) is 16.1. The van der Waals surface area contributed by atoms with Gasteiger partial charge in [0.05, 0.1) is 5.69 Å². The van der Waals surface area contributed by atoms with Crippen LogP contribution in [0.3, 0.4) is 0 Å². The van der Waals surface area contributed by atoms with Crippen molar-refractivity contribution in [2.45, 2.75) is 39.2 Å². The molecule has 1 amide bonds. The molecule has 0 saturated heterocycles. The van der Waals surface area contributed by atoms with E-state index in [4.69, 9.17) is 0 Å². The van der Waals surface area contributed by atoms with Crippen LogP contribution in [0.2, 0.25) is 0 Å². The van der Waals surface area contributed by atoms with Gasteiger partial charge in [-0.05, 0) is 25.0 Å². The monoisotopic (exact) mass is 219 g/mol. The predicted octanol–water partition coefficient (Wildman–Crippen LogP) is 2.31. The van der Waals surface area contributed by atoms with E-state index in [9.17, 15) is 4.79 Å². The number of carbonyl (C=O) groups excluding carboxylic acids is 1. The van der Waals surface area contributed by atoms with Crippen molar-refractivity contribution in [1.82, 2.24) is 4.98 Å². The molecule has 1 atom stereocenters. The number of pyridine rings is 1. The third-order valence-electron chi connectivity index (χ3n) is 2.76. The summed E-state index contributed by atoms with van der Waals surface area (Å²) >= 11 is 0. The highest BCUT2D eigenvalue weighted by Crippen LogP contribution is 2.26. The summed E-state index contributed by atoms with van der Waals surface area (Å²) in [6, 6.07) is 1.80. The van der Waals surface area contributed by atoms with Gasteiger partial charge in [-0.2, -0.15) is 0 Å². The van der Waals surface area contributed by atoms with Crippen molar-refractivity contribution >= 4 is 17.4 Å². The van der Waals surface area contributed by atoms with Gasteiger partial charge >= 0.3 is 0 Å². The topological polar surface area (TPSA) is 54.0 Å². The molecular formula is C12H17N3O. The number of hydrogen-bond donors (Lipinski definition) is 2. The van der Waals surface area contributed by atoms with Crippen LogP contribution in [0, 0.1) is 6.92 Å². The van der Waals surface area contributed by atoms with E-state index in [1.165, 1.54) is 0 Å². The van der Waals surface area contributed by atoms with E-state index >= 15 is 0 Å². The average Bonchev–Trinajstić information content (AvgIpc) is 2.26. The number of nitrogens with one attached hydrogen (secondary N) is 2. The van der Waals surface area contributed by atoms with Crippen LogP contribution < -0.4 is 10.6 Å². The molecule has 16 heavy (non-hydrogen) atoms. The molecule has 0 spiro atoms. The van der Waals surface area contributed by atoms with Crippen LogP contribution in [0.1, 0.15) is 31.7 Å². The van der Waals surface area contributed by atoms with Crippen LogP contribution >= 0.6 is 0 Å². The van der Waals surface area contributed by atoms with Crippen molar-refractivity contribution in [2.24, 2.45) is 0 Å². The molecule has 4 nitrogen and oxygen atoms in total. The number of fused-ring (bicyclic) bond motifs is 1. The number of amides is 1. The Labute approximate surface area is 95.5 Å². The number of anilines is 2. The predicted molar refractivity (Wildman–Crippen MR) is 64.5 cm³/mol. The molecular weight excluding hydrogens is 202 g/mol. The third-order valence-corrected chi connectivity index (χ3v) is 2.76. The Balaban J connectivity index is 2.15. The Bertz CT molecular complexity index is 403. The maximum atomic E-state index is 11.8. The first-order valence-electron chi connectivity index (χ1n) is 5.74. The Morgan fingerprint density at radius 1 is 1.50 bits per heavy atom. The fourth-order valence-electron chi connectivity index (χ4n) is 1.84. The van der Waals surface area contributed by atoms with Gasteiger partial charge < -0.3 is 10.6 Å². The van der Waals surface area contributed by atoms with E-state index in [0.29, 0.717) is 0 Å². The first-order valence-corrected chi connectivity index (χ1v) is 5.74. The highest BCUT2D eigenvalue weighted by Gasteiger charge is 2.25. The van der Waals surface area contributed by atoms with Crippen LogP contribution in [-0.4, -0.2) is 16.9 Å². The van der Waals surface area contributed by atoms with Crippen molar-refractivity contribution in [3.63, 3.8) is 0 Å². The minimum atomic E-state index is -0.136. The fourth-order valence-corrected chi connectivity index (χ4v) is 1.84. The Morgan fingerprint density at radius 2 is 2.31 bits per heavy atom. The van der Waals surface area contributed by atoms with Crippen LogP contribution in [-0.2, 0) is 4.79 Å². The van der Waals surface area contributed by atoms with Gasteiger partial charge in [-0.3, -0.25) is 4.79 Å². The van der Waals surface area contributed by atoms with Crippen molar-refractivity contribution < 1.29 is 4.79 Å². The van der Waals surface area contributed by atoms with Crippen LogP contribution in [0.15, 0.2) is 12.3 Å². The SMILES string of the molecule is CCCCC1Nc2ncc(C)cc2NC1=O. The molecule has 86 valence electrons. The maximum Gasteiger partial charge on any atom is 0.247 e. The molecule has 1 aliphatic heterocycles. The van der Waals surface area contributed by atoms with E-state index < -0.39 is 0 Å². The number of aryl methyl sites for hydroxylation is 1. The Hall–Kier alpha value is -1.58. The summed E-state index contributed by atoms with van der Waals surface area (Å²) in [5.41, 5.74) is 1.84. The van der Waals surface area contributed by atoms with Gasteiger partial charge in [0.2, 0.25) is 5.91 Å². The van der Waals surface area contributed by atoms with E-state index in [0.717, 1.165) is 36.3 Å². The van der Waals surface area contributed by atoms with Gasteiger partial charge in [-0.1, -0.05) is 19.8 Å². The number of unbranched alkanes of at least 4 members (excludes halogenated alkanes) is 1. The van der Waals surface area contributed by atoms with Gasteiger partial charge in [0.15, 0.2) is 0 Å². The van der Waals surface area contributed by atoms with Crippen molar-refractivity contribution in [3.05, 3.63) is 17.8 Å². The standard InChI is InChI=1S/C12H17N3O/c1-3-4-5-9-12(16)15-10-6-8(2)7-13-11(10)14-9/h6-7,9H,3-5H2,1-2H3,(H,13,14)(H,15,16). The molecule has 0 bridgehead atoms. The highest BCUT2D eigenvalue weighted by molar-refractivity contribution is 6.02. The lowest BCUT2D eigenvalue weighted by molar-refractivity contribution is -0.117. The lowest BCUT2D eigenvalue weighted by Crippen LogP contribution is -2.39.